The zero-order valence-corrected chi connectivity index (χ0v) is 55.5. The number of ether oxygens (including phenoxy) is 3. The third kappa shape index (κ3) is 69.5. The van der Waals surface area contributed by atoms with E-state index in [-0.39, 0.29) is 31.1 Å². The minimum atomic E-state index is -0.781. The first-order valence-electron chi connectivity index (χ1n) is 36.4. The molecule has 6 nitrogen and oxygen atoms in total. The van der Waals surface area contributed by atoms with Gasteiger partial charge in [0.25, 0.3) is 0 Å². The van der Waals surface area contributed by atoms with E-state index in [9.17, 15) is 14.4 Å². The maximum atomic E-state index is 13.0. The number of hydrogen-bond donors (Lipinski definition) is 0. The lowest BCUT2D eigenvalue weighted by Gasteiger charge is -2.18. The molecule has 0 aliphatic heterocycles. The van der Waals surface area contributed by atoms with Crippen molar-refractivity contribution in [2.75, 3.05) is 13.2 Å². The Morgan fingerprint density at radius 1 is 0.253 bits per heavy atom. The van der Waals surface area contributed by atoms with Gasteiger partial charge in [-0.25, -0.2) is 0 Å². The zero-order valence-electron chi connectivity index (χ0n) is 55.5. The number of esters is 3. The van der Waals surface area contributed by atoms with E-state index in [0.717, 1.165) is 103 Å². The Labute approximate surface area is 516 Å². The first-order valence-corrected chi connectivity index (χ1v) is 36.4. The Bertz CT molecular complexity index is 1520. The van der Waals surface area contributed by atoms with Crippen molar-refractivity contribution in [2.24, 2.45) is 0 Å². The van der Waals surface area contributed by atoms with Crippen LogP contribution < -0.4 is 0 Å². The van der Waals surface area contributed by atoms with E-state index in [2.05, 4.69) is 93.7 Å². The molecule has 0 N–H and O–H groups in total. The molecule has 0 aromatic rings. The molecule has 1 unspecified atom stereocenters. The number of carbonyl (C=O) groups is 3. The van der Waals surface area contributed by atoms with Gasteiger partial charge >= 0.3 is 17.9 Å². The minimum absolute atomic E-state index is 0.0746. The maximum Gasteiger partial charge on any atom is 0.306 e. The second-order valence-corrected chi connectivity index (χ2v) is 24.5. The zero-order chi connectivity index (χ0) is 59.9. The first-order chi connectivity index (χ1) is 41.0. The van der Waals surface area contributed by atoms with E-state index in [1.807, 2.05) is 0 Å². The van der Waals surface area contributed by atoms with E-state index in [4.69, 9.17) is 14.2 Å². The quantitative estimate of drug-likeness (QED) is 0.0261. The van der Waals surface area contributed by atoms with Crippen molar-refractivity contribution in [3.63, 3.8) is 0 Å². The summed E-state index contributed by atoms with van der Waals surface area (Å²) in [6, 6.07) is 0. The molecule has 0 spiro atoms. The monoisotopic (exact) mass is 1160 g/mol. The Kier molecular flexibility index (Phi) is 68.6. The molecular formula is C77H138O6. The highest BCUT2D eigenvalue weighted by Gasteiger charge is 2.19. The summed E-state index contributed by atoms with van der Waals surface area (Å²) >= 11 is 0. The van der Waals surface area contributed by atoms with Gasteiger partial charge in [0.05, 0.1) is 0 Å². The predicted molar refractivity (Wildman–Crippen MR) is 362 cm³/mol. The molecule has 0 aliphatic rings. The number of allylic oxidation sites excluding steroid dienone is 12. The highest BCUT2D eigenvalue weighted by Crippen LogP contribution is 2.19. The van der Waals surface area contributed by atoms with Crippen LogP contribution in [0.5, 0.6) is 0 Å². The Morgan fingerprint density at radius 3 is 0.735 bits per heavy atom. The van der Waals surface area contributed by atoms with Crippen molar-refractivity contribution in [2.45, 2.75) is 386 Å². The fourth-order valence-electron chi connectivity index (χ4n) is 10.8. The molecule has 83 heavy (non-hydrogen) atoms. The molecule has 0 amide bonds. The molecule has 0 fully saturated rings. The van der Waals surface area contributed by atoms with Crippen LogP contribution in [0.15, 0.2) is 72.9 Å². The van der Waals surface area contributed by atoms with Crippen molar-refractivity contribution in [1.82, 2.24) is 0 Å². The summed E-state index contributed by atoms with van der Waals surface area (Å²) in [4.78, 5) is 38.5. The first kappa shape index (κ1) is 79.8. The predicted octanol–water partition coefficient (Wildman–Crippen LogP) is 25.2. The number of unbranched alkanes of at least 4 members (excludes halogenated alkanes) is 44. The third-order valence-electron chi connectivity index (χ3n) is 16.2. The smallest absolute Gasteiger partial charge is 0.306 e. The van der Waals surface area contributed by atoms with Crippen molar-refractivity contribution < 1.29 is 28.6 Å². The lowest BCUT2D eigenvalue weighted by atomic mass is 10.0. The van der Waals surface area contributed by atoms with E-state index in [1.165, 1.54) is 238 Å². The van der Waals surface area contributed by atoms with Gasteiger partial charge in [-0.05, 0) is 70.6 Å². The second kappa shape index (κ2) is 71.3. The van der Waals surface area contributed by atoms with E-state index in [1.54, 1.807) is 0 Å². The molecule has 0 radical (unpaired) electrons. The average Bonchev–Trinajstić information content (AvgIpc) is 3.49. The second-order valence-electron chi connectivity index (χ2n) is 24.5. The molecule has 0 bridgehead atoms. The van der Waals surface area contributed by atoms with E-state index < -0.39 is 6.10 Å². The Morgan fingerprint density at radius 2 is 0.470 bits per heavy atom. The standard InChI is InChI=1S/C77H138O6/c1-4-7-10-13-16-19-22-25-28-31-33-35-37-38-40-41-43-46-49-52-55-58-61-64-67-70-76(79)82-73-74(72-81-75(78)69-66-63-60-57-54-51-48-45-30-27-24-21-18-15-12-9-6-3)83-77(80)71-68-65-62-59-56-53-50-47-44-42-39-36-34-32-29-26-23-20-17-14-11-8-5-2/h7,10,16,19,25,28,33,35,38,40,43,46,74H,4-6,8-9,11-15,17-18,20-24,26-27,29-32,34,36-37,39,41-42,44-45,47-73H2,1-3H3/b10-7-,19-16-,28-25-,35-33-,40-38-,46-43-. The molecule has 0 saturated carbocycles. The highest BCUT2D eigenvalue weighted by atomic mass is 16.6. The topological polar surface area (TPSA) is 78.9 Å². The summed E-state index contributed by atoms with van der Waals surface area (Å²) in [7, 11) is 0. The van der Waals surface area contributed by atoms with Crippen LogP contribution in [0, 0.1) is 0 Å². The van der Waals surface area contributed by atoms with Gasteiger partial charge in [0.15, 0.2) is 6.10 Å². The SMILES string of the molecule is CC/C=C\C/C=C\C/C=C\C/C=C\C/C=C\C/C=C\CCCCCCCCC(=O)OCC(COC(=O)CCCCCCCCCCCCCCCCCCC)OC(=O)CCCCCCCCCCCCCCCCCCCCCCCCC. The van der Waals surface area contributed by atoms with Gasteiger partial charge in [-0.2, -0.15) is 0 Å². The van der Waals surface area contributed by atoms with Gasteiger partial charge in [-0.3, -0.25) is 14.4 Å². The van der Waals surface area contributed by atoms with Gasteiger partial charge in [0, 0.05) is 19.3 Å². The van der Waals surface area contributed by atoms with Crippen LogP contribution in [0.2, 0.25) is 0 Å². The summed E-state index contributed by atoms with van der Waals surface area (Å²) in [5.74, 6) is -0.863. The lowest BCUT2D eigenvalue weighted by molar-refractivity contribution is -0.167. The van der Waals surface area contributed by atoms with Crippen molar-refractivity contribution in [3.8, 4) is 0 Å². The molecule has 0 saturated heterocycles. The van der Waals surface area contributed by atoms with Crippen LogP contribution in [0.1, 0.15) is 380 Å². The number of carbonyl (C=O) groups excluding carboxylic acids is 3. The van der Waals surface area contributed by atoms with Gasteiger partial charge in [-0.1, -0.05) is 363 Å². The summed E-state index contributed by atoms with van der Waals surface area (Å²) in [6.45, 7) is 6.59. The molecule has 0 aromatic carbocycles. The normalized spacial score (nSPS) is 12.5. The molecular weight excluding hydrogens is 1020 g/mol. The van der Waals surface area contributed by atoms with Gasteiger partial charge < -0.3 is 14.2 Å². The highest BCUT2D eigenvalue weighted by molar-refractivity contribution is 5.71. The summed E-state index contributed by atoms with van der Waals surface area (Å²) in [6.07, 6.45) is 93.6. The van der Waals surface area contributed by atoms with Gasteiger partial charge in [0.1, 0.15) is 13.2 Å². The van der Waals surface area contributed by atoms with Crippen LogP contribution in [-0.4, -0.2) is 37.2 Å². The number of hydrogen-bond acceptors (Lipinski definition) is 6. The third-order valence-corrected chi connectivity index (χ3v) is 16.2. The maximum absolute atomic E-state index is 13.0. The van der Waals surface area contributed by atoms with Gasteiger partial charge in [-0.15, -0.1) is 0 Å². The molecule has 0 rings (SSSR count). The molecule has 0 heterocycles. The summed E-state index contributed by atoms with van der Waals surface area (Å²) in [5, 5.41) is 0. The van der Waals surface area contributed by atoms with Gasteiger partial charge in [0.2, 0.25) is 0 Å². The molecule has 6 heteroatoms. The van der Waals surface area contributed by atoms with Crippen LogP contribution >= 0.6 is 0 Å². The van der Waals surface area contributed by atoms with Crippen molar-refractivity contribution in [3.05, 3.63) is 72.9 Å². The largest absolute Gasteiger partial charge is 0.462 e. The van der Waals surface area contributed by atoms with Crippen LogP contribution in [0.4, 0.5) is 0 Å². The number of rotatable bonds is 67. The molecule has 0 aromatic heterocycles. The van der Waals surface area contributed by atoms with Crippen LogP contribution in [-0.2, 0) is 28.6 Å². The van der Waals surface area contributed by atoms with E-state index >= 15 is 0 Å². The Balaban J connectivity index is 4.35. The Hall–Kier alpha value is -3.15. The fraction of sp³-hybridized carbons (Fsp3) is 0.805. The summed E-state index contributed by atoms with van der Waals surface area (Å²) < 4.78 is 17.0. The van der Waals surface area contributed by atoms with Crippen molar-refractivity contribution >= 4 is 17.9 Å². The molecule has 482 valence electrons. The average molecular weight is 1160 g/mol. The minimum Gasteiger partial charge on any atom is -0.462 e. The van der Waals surface area contributed by atoms with Crippen LogP contribution in [0.3, 0.4) is 0 Å². The fourth-order valence-corrected chi connectivity index (χ4v) is 10.8. The lowest BCUT2D eigenvalue weighted by Crippen LogP contribution is -2.30. The van der Waals surface area contributed by atoms with Crippen molar-refractivity contribution in [1.29, 1.82) is 0 Å². The molecule has 0 aliphatic carbocycles. The van der Waals surface area contributed by atoms with E-state index in [0.29, 0.717) is 19.3 Å². The van der Waals surface area contributed by atoms with Crippen LogP contribution in [0.25, 0.3) is 0 Å². The summed E-state index contributed by atoms with van der Waals surface area (Å²) in [5.41, 5.74) is 0. The molecule has 1 atom stereocenters.